The van der Waals surface area contributed by atoms with E-state index >= 15 is 0 Å². The van der Waals surface area contributed by atoms with E-state index in [9.17, 15) is 0 Å². The molecule has 2 aromatic rings. The molecule has 0 N–H and O–H groups in total. The fourth-order valence-corrected chi connectivity index (χ4v) is 1.65. The van der Waals surface area contributed by atoms with Crippen LogP contribution in [0, 0.1) is 0 Å². The second kappa shape index (κ2) is 3.89. The van der Waals surface area contributed by atoms with Gasteiger partial charge in [0.2, 0.25) is 0 Å². The average molecular weight is 200 g/mol. The Morgan fingerprint density at radius 1 is 1.20 bits per heavy atom. The quantitative estimate of drug-likeness (QED) is 0.727. The summed E-state index contributed by atoms with van der Waals surface area (Å²) in [5, 5.41) is 4.18. The van der Waals surface area contributed by atoms with E-state index in [1.165, 1.54) is 16.7 Å². The molecule has 0 bridgehead atoms. The van der Waals surface area contributed by atoms with Crippen LogP contribution >= 0.6 is 0 Å². The fourth-order valence-electron chi connectivity index (χ4n) is 1.65. The number of benzene rings is 1. The molecular formula is C13H16N2. The number of aromatic nitrogens is 2. The third-order valence-corrected chi connectivity index (χ3v) is 2.59. The lowest BCUT2D eigenvalue weighted by molar-refractivity contribution is 0.768. The van der Waals surface area contributed by atoms with Crippen molar-refractivity contribution in [2.24, 2.45) is 7.05 Å². The van der Waals surface area contributed by atoms with Gasteiger partial charge in [-0.2, -0.15) is 5.10 Å². The highest BCUT2D eigenvalue weighted by atomic mass is 15.2. The van der Waals surface area contributed by atoms with Crippen molar-refractivity contribution in [3.05, 3.63) is 42.2 Å². The minimum atomic E-state index is 0.571. The highest BCUT2D eigenvalue weighted by molar-refractivity contribution is 5.62. The third kappa shape index (κ3) is 2.09. The summed E-state index contributed by atoms with van der Waals surface area (Å²) >= 11 is 0. The number of rotatable bonds is 2. The van der Waals surface area contributed by atoms with Crippen LogP contribution in [0.3, 0.4) is 0 Å². The van der Waals surface area contributed by atoms with Gasteiger partial charge >= 0.3 is 0 Å². The van der Waals surface area contributed by atoms with Gasteiger partial charge in [0.05, 0.1) is 6.20 Å². The Labute approximate surface area is 90.6 Å². The molecule has 0 spiro atoms. The highest BCUT2D eigenvalue weighted by Gasteiger charge is 2.03. The number of aryl methyl sites for hydroxylation is 1. The van der Waals surface area contributed by atoms with E-state index in [0.29, 0.717) is 5.92 Å². The minimum absolute atomic E-state index is 0.571. The molecule has 0 radical (unpaired) electrons. The Morgan fingerprint density at radius 3 is 2.60 bits per heavy atom. The van der Waals surface area contributed by atoms with Crippen LogP contribution in [0.1, 0.15) is 25.3 Å². The molecule has 2 rings (SSSR count). The molecule has 0 aliphatic heterocycles. The Balaban J connectivity index is 2.41. The standard InChI is InChI=1S/C13H16N2/c1-10(2)11-5-4-6-12(7-11)13-8-14-15(3)9-13/h4-10H,1-3H3. The fraction of sp³-hybridized carbons (Fsp3) is 0.308. The van der Waals surface area contributed by atoms with Crippen LogP contribution in [0.15, 0.2) is 36.7 Å². The average Bonchev–Trinajstić information content (AvgIpc) is 2.65. The van der Waals surface area contributed by atoms with Crippen LogP contribution in [-0.2, 0) is 7.05 Å². The van der Waals surface area contributed by atoms with E-state index in [1.54, 1.807) is 0 Å². The van der Waals surface area contributed by atoms with Crippen molar-refractivity contribution in [3.8, 4) is 11.1 Å². The number of hydrogen-bond acceptors (Lipinski definition) is 1. The van der Waals surface area contributed by atoms with Gasteiger partial charge in [-0.1, -0.05) is 38.1 Å². The van der Waals surface area contributed by atoms with Crippen molar-refractivity contribution in [1.29, 1.82) is 0 Å². The van der Waals surface area contributed by atoms with Gasteiger partial charge in [-0.25, -0.2) is 0 Å². The molecule has 0 amide bonds. The largest absolute Gasteiger partial charge is 0.275 e. The van der Waals surface area contributed by atoms with Crippen LogP contribution < -0.4 is 0 Å². The summed E-state index contributed by atoms with van der Waals surface area (Å²) < 4.78 is 1.83. The van der Waals surface area contributed by atoms with Gasteiger partial charge in [0.1, 0.15) is 0 Å². The smallest absolute Gasteiger partial charge is 0.0568 e. The van der Waals surface area contributed by atoms with Crippen molar-refractivity contribution < 1.29 is 0 Å². The first-order valence-corrected chi connectivity index (χ1v) is 5.26. The lowest BCUT2D eigenvalue weighted by Crippen LogP contribution is -1.87. The summed E-state index contributed by atoms with van der Waals surface area (Å²) in [7, 11) is 1.94. The Kier molecular flexibility index (Phi) is 2.58. The molecule has 0 aliphatic rings. The molecule has 0 atom stereocenters. The van der Waals surface area contributed by atoms with E-state index in [2.05, 4.69) is 43.2 Å². The van der Waals surface area contributed by atoms with Gasteiger partial charge in [0, 0.05) is 18.8 Å². The van der Waals surface area contributed by atoms with Crippen LogP contribution in [0.5, 0.6) is 0 Å². The van der Waals surface area contributed by atoms with Gasteiger partial charge < -0.3 is 0 Å². The monoisotopic (exact) mass is 200 g/mol. The second-order valence-corrected chi connectivity index (χ2v) is 4.18. The highest BCUT2D eigenvalue weighted by Crippen LogP contribution is 2.23. The van der Waals surface area contributed by atoms with Crippen LogP contribution in [0.25, 0.3) is 11.1 Å². The topological polar surface area (TPSA) is 17.8 Å². The first-order chi connectivity index (χ1) is 7.16. The first-order valence-electron chi connectivity index (χ1n) is 5.26. The predicted octanol–water partition coefficient (Wildman–Crippen LogP) is 3.21. The second-order valence-electron chi connectivity index (χ2n) is 4.18. The molecule has 78 valence electrons. The van der Waals surface area contributed by atoms with E-state index < -0.39 is 0 Å². The predicted molar refractivity (Wildman–Crippen MR) is 62.7 cm³/mol. The Hall–Kier alpha value is -1.57. The van der Waals surface area contributed by atoms with E-state index in [0.717, 1.165) is 0 Å². The van der Waals surface area contributed by atoms with Crippen molar-refractivity contribution in [2.45, 2.75) is 19.8 Å². The molecule has 0 unspecified atom stereocenters. The zero-order valence-electron chi connectivity index (χ0n) is 9.44. The Morgan fingerprint density at radius 2 is 2.00 bits per heavy atom. The molecule has 0 fully saturated rings. The van der Waals surface area contributed by atoms with Crippen molar-refractivity contribution in [3.63, 3.8) is 0 Å². The first kappa shape index (κ1) is 9.97. The van der Waals surface area contributed by atoms with Crippen molar-refractivity contribution >= 4 is 0 Å². The minimum Gasteiger partial charge on any atom is -0.275 e. The summed E-state index contributed by atoms with van der Waals surface area (Å²) in [6.07, 6.45) is 3.94. The summed E-state index contributed by atoms with van der Waals surface area (Å²) in [6, 6.07) is 8.65. The van der Waals surface area contributed by atoms with Crippen LogP contribution in [0.2, 0.25) is 0 Å². The van der Waals surface area contributed by atoms with Crippen LogP contribution in [-0.4, -0.2) is 9.78 Å². The molecule has 2 nitrogen and oxygen atoms in total. The van der Waals surface area contributed by atoms with E-state index in [4.69, 9.17) is 0 Å². The molecular weight excluding hydrogens is 184 g/mol. The zero-order chi connectivity index (χ0) is 10.8. The molecule has 1 aromatic carbocycles. The molecule has 1 aromatic heterocycles. The lowest BCUT2D eigenvalue weighted by atomic mass is 9.99. The number of nitrogens with zero attached hydrogens (tertiary/aromatic N) is 2. The third-order valence-electron chi connectivity index (χ3n) is 2.59. The van der Waals surface area contributed by atoms with Gasteiger partial charge in [0.25, 0.3) is 0 Å². The van der Waals surface area contributed by atoms with E-state index in [1.807, 2.05) is 24.1 Å². The molecule has 0 aliphatic carbocycles. The molecule has 2 heteroatoms. The molecule has 15 heavy (non-hydrogen) atoms. The van der Waals surface area contributed by atoms with Gasteiger partial charge in [-0.3, -0.25) is 4.68 Å². The molecule has 0 saturated heterocycles. The van der Waals surface area contributed by atoms with Gasteiger partial charge in [-0.15, -0.1) is 0 Å². The number of hydrogen-bond donors (Lipinski definition) is 0. The van der Waals surface area contributed by atoms with Gasteiger partial charge in [-0.05, 0) is 17.0 Å². The van der Waals surface area contributed by atoms with Gasteiger partial charge in [0.15, 0.2) is 0 Å². The molecule has 0 saturated carbocycles. The normalized spacial score (nSPS) is 10.9. The summed E-state index contributed by atoms with van der Waals surface area (Å²) in [6.45, 7) is 4.42. The molecule has 1 heterocycles. The van der Waals surface area contributed by atoms with E-state index in [-0.39, 0.29) is 0 Å². The Bertz CT molecular complexity index is 455. The maximum atomic E-state index is 4.18. The van der Waals surface area contributed by atoms with Crippen molar-refractivity contribution in [1.82, 2.24) is 9.78 Å². The van der Waals surface area contributed by atoms with Crippen molar-refractivity contribution in [2.75, 3.05) is 0 Å². The maximum Gasteiger partial charge on any atom is 0.0568 e. The zero-order valence-corrected chi connectivity index (χ0v) is 9.44. The summed E-state index contributed by atoms with van der Waals surface area (Å²) in [5.41, 5.74) is 3.80. The maximum absolute atomic E-state index is 4.18. The SMILES string of the molecule is CC(C)c1cccc(-c2cnn(C)c2)c1. The van der Waals surface area contributed by atoms with Crippen LogP contribution in [0.4, 0.5) is 0 Å². The lowest BCUT2D eigenvalue weighted by Gasteiger charge is -2.06. The summed E-state index contributed by atoms with van der Waals surface area (Å²) in [4.78, 5) is 0. The summed E-state index contributed by atoms with van der Waals surface area (Å²) in [5.74, 6) is 0.571.